The summed E-state index contributed by atoms with van der Waals surface area (Å²) in [7, 11) is 1.64. The topological polar surface area (TPSA) is 128 Å². The van der Waals surface area contributed by atoms with Crippen LogP contribution in [0.3, 0.4) is 0 Å². The maximum atomic E-state index is 13.0. The van der Waals surface area contributed by atoms with E-state index in [0.29, 0.717) is 24.7 Å². The molecule has 2 fully saturated rings. The first-order valence-corrected chi connectivity index (χ1v) is 11.6. The predicted octanol–water partition coefficient (Wildman–Crippen LogP) is 2.66. The molecule has 2 aliphatic heterocycles. The lowest BCUT2D eigenvalue weighted by Gasteiger charge is -2.36. The van der Waals surface area contributed by atoms with Crippen LogP contribution in [0.25, 0.3) is 10.9 Å². The SMILES string of the molecule is COc1ccc2c(c1)[C@]1(C[C@H]1c1ccc3c(Nc4cc(N5CC(O)C5)ncn4)n[nH]c3c1)C(=O)N2. The fraction of sp³-hybridized carbons (Fsp3) is 0.280. The van der Waals surface area contributed by atoms with E-state index in [0.717, 1.165) is 45.7 Å². The van der Waals surface area contributed by atoms with Crippen molar-refractivity contribution in [3.8, 4) is 5.75 Å². The highest BCUT2D eigenvalue weighted by Gasteiger charge is 2.65. The van der Waals surface area contributed by atoms with E-state index in [-0.39, 0.29) is 17.9 Å². The second kappa shape index (κ2) is 7.16. The van der Waals surface area contributed by atoms with Crippen LogP contribution in [0.1, 0.15) is 23.5 Å². The monoisotopic (exact) mass is 469 g/mol. The van der Waals surface area contributed by atoms with Gasteiger partial charge in [-0.1, -0.05) is 6.07 Å². The third-order valence-electron chi connectivity index (χ3n) is 7.40. The number of hydrogen-bond donors (Lipinski definition) is 4. The van der Waals surface area contributed by atoms with Crippen LogP contribution in [-0.2, 0) is 10.2 Å². The quantitative estimate of drug-likeness (QED) is 0.351. The maximum Gasteiger partial charge on any atom is 0.235 e. The molecule has 10 nitrogen and oxygen atoms in total. The number of fused-ring (bicyclic) bond motifs is 3. The number of anilines is 4. The van der Waals surface area contributed by atoms with Crippen LogP contribution in [0.2, 0.25) is 0 Å². The van der Waals surface area contributed by atoms with Crippen molar-refractivity contribution in [1.82, 2.24) is 20.2 Å². The average Bonchev–Trinajstić information content (AvgIpc) is 3.41. The highest BCUT2D eigenvalue weighted by atomic mass is 16.5. The van der Waals surface area contributed by atoms with Gasteiger partial charge < -0.3 is 25.4 Å². The van der Waals surface area contributed by atoms with E-state index < -0.39 is 5.41 Å². The third-order valence-corrected chi connectivity index (χ3v) is 7.40. The summed E-state index contributed by atoms with van der Waals surface area (Å²) < 4.78 is 5.40. The Morgan fingerprint density at radius 1 is 1.17 bits per heavy atom. The summed E-state index contributed by atoms with van der Waals surface area (Å²) in [5.41, 5.74) is 3.31. The molecule has 4 aromatic rings. The van der Waals surface area contributed by atoms with Crippen molar-refractivity contribution in [3.05, 3.63) is 59.9 Å². The van der Waals surface area contributed by atoms with Gasteiger partial charge in [-0.2, -0.15) is 5.10 Å². The molecule has 4 heterocycles. The number of benzene rings is 2. The van der Waals surface area contributed by atoms with Gasteiger partial charge in [-0.15, -0.1) is 0 Å². The molecule has 0 bridgehead atoms. The number of aromatic nitrogens is 4. The first kappa shape index (κ1) is 20.2. The fourth-order valence-electron chi connectivity index (χ4n) is 5.40. The molecule has 1 spiro atoms. The zero-order valence-corrected chi connectivity index (χ0v) is 18.9. The molecule has 0 unspecified atom stereocenters. The van der Waals surface area contributed by atoms with Gasteiger partial charge in [-0.3, -0.25) is 9.89 Å². The van der Waals surface area contributed by atoms with Crippen molar-refractivity contribution in [1.29, 1.82) is 0 Å². The van der Waals surface area contributed by atoms with Gasteiger partial charge in [0.1, 0.15) is 23.7 Å². The number of methoxy groups -OCH3 is 1. The zero-order chi connectivity index (χ0) is 23.7. The maximum absolute atomic E-state index is 13.0. The number of hydrogen-bond acceptors (Lipinski definition) is 8. The highest BCUT2D eigenvalue weighted by molar-refractivity contribution is 6.10. The molecule has 176 valence electrons. The number of nitrogens with one attached hydrogen (secondary N) is 3. The van der Waals surface area contributed by atoms with E-state index >= 15 is 0 Å². The minimum atomic E-state index is -0.541. The Hall–Kier alpha value is -4.18. The Labute approximate surface area is 200 Å². The minimum Gasteiger partial charge on any atom is -0.497 e. The number of carbonyl (C=O) groups excluding carboxylic acids is 1. The van der Waals surface area contributed by atoms with Gasteiger partial charge >= 0.3 is 0 Å². The van der Waals surface area contributed by atoms with Crippen LogP contribution < -0.4 is 20.3 Å². The molecular formula is C25H23N7O3. The van der Waals surface area contributed by atoms with Gasteiger partial charge in [-0.25, -0.2) is 9.97 Å². The lowest BCUT2D eigenvalue weighted by atomic mass is 9.91. The first-order chi connectivity index (χ1) is 17.0. The van der Waals surface area contributed by atoms with Crippen molar-refractivity contribution >= 4 is 40.0 Å². The summed E-state index contributed by atoms with van der Waals surface area (Å²) in [4.78, 5) is 23.6. The molecule has 2 aromatic carbocycles. The van der Waals surface area contributed by atoms with Crippen LogP contribution in [0.5, 0.6) is 5.75 Å². The fourth-order valence-corrected chi connectivity index (χ4v) is 5.40. The molecule has 1 aliphatic carbocycles. The standard InChI is InChI=1S/C25H23N7O3/c1-35-15-3-5-19-17(7-15)25(24(34)28-19)9-18(25)13-2-4-16-20(6-13)30-31-23(16)29-21-8-22(27-12-26-21)32-10-14(33)11-32/h2-8,12,14,18,33H,9-11H2,1H3,(H,28,34)(H2,26,27,29,30,31)/t18-,25-/m0/s1. The molecular weight excluding hydrogens is 446 g/mol. The molecule has 0 radical (unpaired) electrons. The summed E-state index contributed by atoms with van der Waals surface area (Å²) in [6.45, 7) is 1.14. The number of rotatable bonds is 5. The van der Waals surface area contributed by atoms with Crippen LogP contribution in [0.4, 0.5) is 23.1 Å². The van der Waals surface area contributed by atoms with Crippen molar-refractivity contribution in [3.63, 3.8) is 0 Å². The molecule has 3 aliphatic rings. The molecule has 1 amide bonds. The van der Waals surface area contributed by atoms with E-state index in [2.05, 4.69) is 42.9 Å². The predicted molar refractivity (Wildman–Crippen MR) is 130 cm³/mol. The number of aliphatic hydroxyl groups is 1. The second-order valence-corrected chi connectivity index (χ2v) is 9.42. The van der Waals surface area contributed by atoms with Gasteiger partial charge in [0.05, 0.1) is 24.1 Å². The first-order valence-electron chi connectivity index (χ1n) is 11.6. The Morgan fingerprint density at radius 3 is 2.89 bits per heavy atom. The normalized spacial score (nSPS) is 22.7. The summed E-state index contributed by atoms with van der Waals surface area (Å²) in [5, 5.41) is 24.3. The van der Waals surface area contributed by atoms with E-state index in [4.69, 9.17) is 4.74 Å². The Bertz CT molecular complexity index is 1500. The largest absolute Gasteiger partial charge is 0.497 e. The average molecular weight is 470 g/mol. The Morgan fingerprint density at radius 2 is 2.06 bits per heavy atom. The van der Waals surface area contributed by atoms with Crippen molar-refractivity contribution in [2.45, 2.75) is 23.9 Å². The van der Waals surface area contributed by atoms with E-state index in [1.165, 1.54) is 6.33 Å². The number of carbonyl (C=O) groups is 1. The van der Waals surface area contributed by atoms with Crippen LogP contribution in [0.15, 0.2) is 48.8 Å². The van der Waals surface area contributed by atoms with E-state index in [1.54, 1.807) is 7.11 Å². The zero-order valence-electron chi connectivity index (χ0n) is 18.9. The Kier molecular flexibility index (Phi) is 4.13. The number of aromatic amines is 1. The van der Waals surface area contributed by atoms with Crippen molar-refractivity contribution in [2.75, 3.05) is 35.7 Å². The Balaban J connectivity index is 1.16. The minimum absolute atomic E-state index is 0.0482. The molecule has 4 N–H and O–H groups in total. The summed E-state index contributed by atoms with van der Waals surface area (Å²) in [6, 6.07) is 13.8. The lowest BCUT2D eigenvalue weighted by Crippen LogP contribution is -2.51. The number of amides is 1. The van der Waals surface area contributed by atoms with E-state index in [1.807, 2.05) is 35.2 Å². The van der Waals surface area contributed by atoms with Crippen molar-refractivity contribution in [2.24, 2.45) is 0 Å². The summed E-state index contributed by atoms with van der Waals surface area (Å²) >= 11 is 0. The van der Waals surface area contributed by atoms with Gasteiger partial charge in [0.25, 0.3) is 0 Å². The molecule has 1 saturated carbocycles. The number of nitrogens with zero attached hydrogens (tertiary/aromatic N) is 4. The van der Waals surface area contributed by atoms with E-state index in [9.17, 15) is 9.90 Å². The summed E-state index contributed by atoms with van der Waals surface area (Å²) in [5.74, 6) is 2.95. The lowest BCUT2D eigenvalue weighted by molar-refractivity contribution is -0.118. The molecule has 10 heteroatoms. The molecule has 2 aromatic heterocycles. The van der Waals surface area contributed by atoms with Crippen LogP contribution in [0, 0.1) is 0 Å². The van der Waals surface area contributed by atoms with Gasteiger partial charge in [0.15, 0.2) is 5.82 Å². The number of H-pyrrole nitrogens is 1. The van der Waals surface area contributed by atoms with Crippen LogP contribution in [-0.4, -0.2) is 57.5 Å². The molecule has 7 rings (SSSR count). The number of aliphatic hydroxyl groups excluding tert-OH is 1. The molecule has 35 heavy (non-hydrogen) atoms. The third kappa shape index (κ3) is 2.99. The van der Waals surface area contributed by atoms with Gasteiger partial charge in [0.2, 0.25) is 5.91 Å². The number of ether oxygens (including phenoxy) is 1. The number of β-amino-alcohol motifs (C(OH)–C–C–N with tert-alkyl or cyclic N) is 1. The second-order valence-electron chi connectivity index (χ2n) is 9.42. The highest BCUT2D eigenvalue weighted by Crippen LogP contribution is 2.65. The molecule has 2 atom stereocenters. The van der Waals surface area contributed by atoms with Gasteiger partial charge in [-0.05, 0) is 47.9 Å². The van der Waals surface area contributed by atoms with Crippen LogP contribution >= 0.6 is 0 Å². The smallest absolute Gasteiger partial charge is 0.235 e. The molecule has 1 saturated heterocycles. The van der Waals surface area contributed by atoms with Gasteiger partial charge in [0, 0.05) is 36.1 Å². The summed E-state index contributed by atoms with van der Waals surface area (Å²) in [6.07, 6.45) is 1.96. The van der Waals surface area contributed by atoms with Crippen molar-refractivity contribution < 1.29 is 14.6 Å².